The van der Waals surface area contributed by atoms with Crippen LogP contribution in [-0.4, -0.2) is 45.5 Å². The minimum atomic E-state index is 0. The summed E-state index contributed by atoms with van der Waals surface area (Å²) in [5.74, 6) is 1.06. The maximum Gasteiger partial charge on any atom is 0.240 e. The number of amides is 1. The molecule has 24 heavy (non-hydrogen) atoms. The lowest BCUT2D eigenvalue weighted by atomic mass is 10.2. The minimum Gasteiger partial charge on any atom is -0.338 e. The lowest BCUT2D eigenvalue weighted by Crippen LogP contribution is -2.49. The molecule has 0 bridgehead atoms. The Bertz CT molecular complexity index is 677. The van der Waals surface area contributed by atoms with Crippen LogP contribution in [0.3, 0.4) is 0 Å². The van der Waals surface area contributed by atoms with E-state index in [9.17, 15) is 4.79 Å². The smallest absolute Gasteiger partial charge is 0.240 e. The first-order valence-corrected chi connectivity index (χ1v) is 7.78. The van der Waals surface area contributed by atoms with Crippen LogP contribution in [0.25, 0.3) is 0 Å². The van der Waals surface area contributed by atoms with Crippen molar-refractivity contribution in [3.63, 3.8) is 0 Å². The van der Waals surface area contributed by atoms with Crippen LogP contribution in [0.4, 0.5) is 0 Å². The highest BCUT2D eigenvalue weighted by Crippen LogP contribution is 2.14. The number of nitrogens with zero attached hydrogens (tertiary/aromatic N) is 4. The van der Waals surface area contributed by atoms with Crippen LogP contribution in [0.5, 0.6) is 0 Å². The molecule has 1 aliphatic rings. The summed E-state index contributed by atoms with van der Waals surface area (Å²) in [5.41, 5.74) is 6.51. The monoisotopic (exact) mass is 371 g/mol. The van der Waals surface area contributed by atoms with E-state index in [1.165, 1.54) is 0 Å². The molecule has 0 spiro atoms. The number of aromatic nitrogens is 2. The van der Waals surface area contributed by atoms with Gasteiger partial charge in [0, 0.05) is 24.7 Å². The molecule has 0 atom stereocenters. The number of nitrogens with two attached hydrogens (primary N) is 1. The maximum atomic E-state index is 12.3. The predicted molar refractivity (Wildman–Crippen MR) is 91.6 cm³/mol. The van der Waals surface area contributed by atoms with Gasteiger partial charge in [-0.25, -0.2) is 0 Å². The Labute approximate surface area is 151 Å². The van der Waals surface area contributed by atoms with E-state index < -0.39 is 0 Å². The first-order chi connectivity index (χ1) is 11.1. The van der Waals surface area contributed by atoms with Gasteiger partial charge in [0.15, 0.2) is 5.82 Å². The average molecular weight is 372 g/mol. The summed E-state index contributed by atoms with van der Waals surface area (Å²) in [6, 6.07) is 7.55. The van der Waals surface area contributed by atoms with Gasteiger partial charge >= 0.3 is 0 Å². The Morgan fingerprint density at radius 2 is 1.96 bits per heavy atom. The van der Waals surface area contributed by atoms with E-state index >= 15 is 0 Å². The molecule has 2 aromatic rings. The number of carbonyl (C=O) groups is 1. The molecule has 0 radical (unpaired) electrons. The van der Waals surface area contributed by atoms with Gasteiger partial charge in [0.1, 0.15) is 0 Å². The third kappa shape index (κ3) is 4.67. The van der Waals surface area contributed by atoms with Crippen LogP contribution in [0.2, 0.25) is 5.02 Å². The van der Waals surface area contributed by atoms with Gasteiger partial charge in [-0.2, -0.15) is 4.98 Å². The van der Waals surface area contributed by atoms with Crippen molar-refractivity contribution >= 4 is 29.9 Å². The van der Waals surface area contributed by atoms with Crippen molar-refractivity contribution in [2.45, 2.75) is 19.6 Å². The molecule has 130 valence electrons. The summed E-state index contributed by atoms with van der Waals surface area (Å²) in [7, 11) is 0. The molecule has 9 heteroatoms. The molecule has 3 rings (SSSR count). The Kier molecular flexibility index (Phi) is 6.56. The van der Waals surface area contributed by atoms with Gasteiger partial charge < -0.3 is 15.2 Å². The second-order valence-electron chi connectivity index (χ2n) is 5.46. The molecule has 2 heterocycles. The molecule has 7 nitrogen and oxygen atoms in total. The van der Waals surface area contributed by atoms with Gasteiger partial charge in [0.2, 0.25) is 11.8 Å². The molecule has 1 amide bonds. The van der Waals surface area contributed by atoms with Crippen molar-refractivity contribution in [1.82, 2.24) is 19.9 Å². The summed E-state index contributed by atoms with van der Waals surface area (Å²) in [5, 5.41) is 4.55. The quantitative estimate of drug-likeness (QED) is 0.855. The topological polar surface area (TPSA) is 88.5 Å². The molecular formula is C15H19Cl2N5O2. The molecular weight excluding hydrogens is 353 g/mol. The molecule has 1 aromatic heterocycles. The normalized spacial score (nSPS) is 15.4. The number of carbonyl (C=O) groups excluding carboxylic acids is 1. The molecule has 0 unspecified atom stereocenters. The van der Waals surface area contributed by atoms with Gasteiger partial charge in [0.05, 0.1) is 19.6 Å². The van der Waals surface area contributed by atoms with E-state index in [4.69, 9.17) is 21.9 Å². The van der Waals surface area contributed by atoms with Crippen LogP contribution in [-0.2, 0) is 24.4 Å². The second-order valence-corrected chi connectivity index (χ2v) is 5.90. The largest absolute Gasteiger partial charge is 0.338 e. The van der Waals surface area contributed by atoms with E-state index in [0.29, 0.717) is 42.9 Å². The maximum absolute atomic E-state index is 12.3. The van der Waals surface area contributed by atoms with Gasteiger partial charge in [-0.3, -0.25) is 9.69 Å². The Morgan fingerprint density at radius 3 is 2.58 bits per heavy atom. The molecule has 2 N–H and O–H groups in total. The van der Waals surface area contributed by atoms with Crippen LogP contribution >= 0.6 is 24.0 Å². The highest BCUT2D eigenvalue weighted by Gasteiger charge is 2.25. The zero-order valence-corrected chi connectivity index (χ0v) is 14.6. The number of halogens is 2. The number of benzene rings is 1. The highest BCUT2D eigenvalue weighted by atomic mass is 35.5. The van der Waals surface area contributed by atoms with Crippen molar-refractivity contribution in [3.05, 3.63) is 46.6 Å². The molecule has 1 aliphatic heterocycles. The van der Waals surface area contributed by atoms with E-state index in [-0.39, 0.29) is 24.9 Å². The Morgan fingerprint density at radius 1 is 1.21 bits per heavy atom. The number of piperazine rings is 1. The standard InChI is InChI=1S/C15H18ClN5O2.ClH/c16-12-3-1-11(2-4-12)8-21-6-5-20(10-15(21)22)9-13-18-14(7-17)23-19-13;/h1-4H,5-10,17H2;1H. The van der Waals surface area contributed by atoms with Crippen LogP contribution < -0.4 is 5.73 Å². The van der Waals surface area contributed by atoms with Crippen molar-refractivity contribution in [1.29, 1.82) is 0 Å². The highest BCUT2D eigenvalue weighted by molar-refractivity contribution is 6.30. The summed E-state index contributed by atoms with van der Waals surface area (Å²) < 4.78 is 4.97. The number of rotatable bonds is 5. The minimum absolute atomic E-state index is 0. The fourth-order valence-corrected chi connectivity index (χ4v) is 2.63. The van der Waals surface area contributed by atoms with E-state index in [2.05, 4.69) is 10.1 Å². The van der Waals surface area contributed by atoms with Crippen molar-refractivity contribution in [2.24, 2.45) is 5.73 Å². The zero-order valence-electron chi connectivity index (χ0n) is 13.0. The number of hydrogen-bond acceptors (Lipinski definition) is 6. The van der Waals surface area contributed by atoms with Crippen molar-refractivity contribution in [3.8, 4) is 0 Å². The lowest BCUT2D eigenvalue weighted by molar-refractivity contribution is -0.136. The molecule has 1 aromatic carbocycles. The SMILES string of the molecule is Cl.NCc1nc(CN2CCN(Cc3ccc(Cl)cc3)C(=O)C2)no1. The summed E-state index contributed by atoms with van der Waals surface area (Å²) in [6.45, 7) is 3.10. The molecule has 1 fully saturated rings. The average Bonchev–Trinajstić information content (AvgIpc) is 3.00. The van der Waals surface area contributed by atoms with Crippen LogP contribution in [0.1, 0.15) is 17.3 Å². The third-order valence-corrected chi connectivity index (χ3v) is 3.99. The lowest BCUT2D eigenvalue weighted by Gasteiger charge is -2.33. The Hall–Kier alpha value is -1.67. The fourth-order valence-electron chi connectivity index (χ4n) is 2.51. The van der Waals surface area contributed by atoms with E-state index in [1.807, 2.05) is 34.1 Å². The number of hydrogen-bond donors (Lipinski definition) is 1. The van der Waals surface area contributed by atoms with Gasteiger partial charge in [-0.1, -0.05) is 28.9 Å². The van der Waals surface area contributed by atoms with Gasteiger partial charge in [-0.05, 0) is 17.7 Å². The van der Waals surface area contributed by atoms with Crippen molar-refractivity contribution in [2.75, 3.05) is 19.6 Å². The molecule has 0 aliphatic carbocycles. The second kappa shape index (κ2) is 8.43. The van der Waals surface area contributed by atoms with Crippen molar-refractivity contribution < 1.29 is 9.32 Å². The summed E-state index contributed by atoms with van der Waals surface area (Å²) >= 11 is 5.88. The van der Waals surface area contributed by atoms with Crippen LogP contribution in [0.15, 0.2) is 28.8 Å². The van der Waals surface area contributed by atoms with E-state index in [1.54, 1.807) is 0 Å². The summed E-state index contributed by atoms with van der Waals surface area (Å²) in [4.78, 5) is 20.3. The molecule has 1 saturated heterocycles. The van der Waals surface area contributed by atoms with Gasteiger partial charge in [-0.15, -0.1) is 12.4 Å². The molecule has 0 saturated carbocycles. The Balaban J connectivity index is 0.00000208. The predicted octanol–water partition coefficient (Wildman–Crippen LogP) is 1.45. The fraction of sp³-hybridized carbons (Fsp3) is 0.400. The van der Waals surface area contributed by atoms with E-state index in [0.717, 1.165) is 12.1 Å². The van der Waals surface area contributed by atoms with Gasteiger partial charge in [0.25, 0.3) is 0 Å². The van der Waals surface area contributed by atoms with Crippen LogP contribution in [0, 0.1) is 0 Å². The zero-order chi connectivity index (χ0) is 16.2. The summed E-state index contributed by atoms with van der Waals surface area (Å²) in [6.07, 6.45) is 0. The first kappa shape index (κ1) is 18.7. The third-order valence-electron chi connectivity index (χ3n) is 3.73. The first-order valence-electron chi connectivity index (χ1n) is 7.40.